The van der Waals surface area contributed by atoms with Gasteiger partial charge in [0.25, 0.3) is 0 Å². The number of H-pyrrole nitrogens is 1. The minimum absolute atomic E-state index is 0.295. The Bertz CT molecular complexity index is 545. The monoisotopic (exact) mass is 314 g/mol. The van der Waals surface area contributed by atoms with Crippen LogP contribution in [0.3, 0.4) is 0 Å². The van der Waals surface area contributed by atoms with E-state index in [0.29, 0.717) is 5.75 Å². The van der Waals surface area contributed by atoms with E-state index >= 15 is 0 Å². The van der Waals surface area contributed by atoms with Gasteiger partial charge in [-0.2, -0.15) is 0 Å². The van der Waals surface area contributed by atoms with Crippen molar-refractivity contribution >= 4 is 0 Å². The molecule has 0 radical (unpaired) electrons. The van der Waals surface area contributed by atoms with Gasteiger partial charge in [-0.05, 0) is 36.2 Å². The van der Waals surface area contributed by atoms with Crippen LogP contribution in [0.4, 0.5) is 0 Å². The van der Waals surface area contributed by atoms with E-state index in [9.17, 15) is 5.11 Å². The van der Waals surface area contributed by atoms with Gasteiger partial charge in [0, 0.05) is 6.42 Å². The molecule has 0 bridgehead atoms. The first-order valence-corrected chi connectivity index (χ1v) is 9.13. The van der Waals surface area contributed by atoms with Crippen LogP contribution in [0.5, 0.6) is 5.75 Å². The molecule has 3 heteroatoms. The number of nitrogens with zero attached hydrogens (tertiary/aromatic N) is 1. The number of aromatic hydroxyl groups is 1. The standard InChI is InChI=1S/C20H30N2O/c1-2-3-4-5-6-7-8-9-10-11-20-21-16-19(22-20)17-12-14-18(23)15-13-17/h12-16,23H,2-11H2,1H3,(H,21,22). The Morgan fingerprint density at radius 2 is 1.48 bits per heavy atom. The molecule has 0 unspecified atom stereocenters. The third-order valence-corrected chi connectivity index (χ3v) is 4.32. The summed E-state index contributed by atoms with van der Waals surface area (Å²) in [5.41, 5.74) is 2.09. The zero-order valence-corrected chi connectivity index (χ0v) is 14.4. The van der Waals surface area contributed by atoms with E-state index in [0.717, 1.165) is 23.5 Å². The van der Waals surface area contributed by atoms with Crippen LogP contribution in [-0.4, -0.2) is 15.1 Å². The molecule has 126 valence electrons. The summed E-state index contributed by atoms with van der Waals surface area (Å²) >= 11 is 0. The Labute approximate surface area is 140 Å². The lowest BCUT2D eigenvalue weighted by molar-refractivity contribution is 0.475. The van der Waals surface area contributed by atoms with Crippen LogP contribution < -0.4 is 0 Å². The summed E-state index contributed by atoms with van der Waals surface area (Å²) in [6.45, 7) is 2.27. The van der Waals surface area contributed by atoms with Crippen molar-refractivity contribution in [2.75, 3.05) is 0 Å². The topological polar surface area (TPSA) is 48.9 Å². The first-order valence-electron chi connectivity index (χ1n) is 9.13. The van der Waals surface area contributed by atoms with E-state index in [1.807, 2.05) is 18.3 Å². The first kappa shape index (κ1) is 17.6. The van der Waals surface area contributed by atoms with Gasteiger partial charge in [0.15, 0.2) is 0 Å². The lowest BCUT2D eigenvalue weighted by atomic mass is 10.1. The molecule has 0 fully saturated rings. The second-order valence-electron chi connectivity index (χ2n) is 6.37. The van der Waals surface area contributed by atoms with Gasteiger partial charge in [-0.25, -0.2) is 4.98 Å². The van der Waals surface area contributed by atoms with Gasteiger partial charge in [-0.15, -0.1) is 0 Å². The Morgan fingerprint density at radius 1 is 0.870 bits per heavy atom. The molecule has 1 heterocycles. The Kier molecular flexibility index (Phi) is 7.71. The van der Waals surface area contributed by atoms with Crippen LogP contribution in [0.1, 0.15) is 70.5 Å². The molecule has 0 atom stereocenters. The second-order valence-corrected chi connectivity index (χ2v) is 6.37. The summed E-state index contributed by atoms with van der Waals surface area (Å²) in [5, 5.41) is 9.33. The van der Waals surface area contributed by atoms with Gasteiger partial charge in [-0.1, -0.05) is 58.3 Å². The first-order chi connectivity index (χ1) is 11.3. The smallest absolute Gasteiger partial charge is 0.115 e. The Hall–Kier alpha value is -1.77. The van der Waals surface area contributed by atoms with Crippen molar-refractivity contribution in [1.82, 2.24) is 9.97 Å². The SMILES string of the molecule is CCCCCCCCCCCc1ncc(-c2ccc(O)cc2)[nH]1. The molecule has 0 spiro atoms. The van der Waals surface area contributed by atoms with Crippen molar-refractivity contribution in [3.63, 3.8) is 0 Å². The summed E-state index contributed by atoms with van der Waals surface area (Å²) < 4.78 is 0. The number of aryl methyl sites for hydroxylation is 1. The maximum absolute atomic E-state index is 9.33. The van der Waals surface area contributed by atoms with Gasteiger partial charge in [0.1, 0.15) is 11.6 Å². The van der Waals surface area contributed by atoms with E-state index in [4.69, 9.17) is 0 Å². The predicted molar refractivity (Wildman–Crippen MR) is 96.6 cm³/mol. The minimum atomic E-state index is 0.295. The molecular formula is C20H30N2O. The van der Waals surface area contributed by atoms with Crippen molar-refractivity contribution in [3.8, 4) is 17.0 Å². The molecule has 1 aromatic carbocycles. The van der Waals surface area contributed by atoms with E-state index in [-0.39, 0.29) is 0 Å². The summed E-state index contributed by atoms with van der Waals surface area (Å²) in [6.07, 6.45) is 15.1. The molecule has 2 aromatic rings. The van der Waals surface area contributed by atoms with E-state index in [1.54, 1.807) is 12.1 Å². The van der Waals surface area contributed by atoms with Crippen LogP contribution in [-0.2, 0) is 6.42 Å². The van der Waals surface area contributed by atoms with Gasteiger partial charge in [-0.3, -0.25) is 0 Å². The maximum atomic E-state index is 9.33. The molecule has 3 nitrogen and oxygen atoms in total. The average Bonchev–Trinajstić information content (AvgIpc) is 3.03. The molecule has 0 amide bonds. The number of aromatic nitrogens is 2. The molecule has 1 aromatic heterocycles. The number of hydrogen-bond acceptors (Lipinski definition) is 2. The van der Waals surface area contributed by atoms with Gasteiger partial charge in [0.05, 0.1) is 11.9 Å². The molecule has 2 rings (SSSR count). The summed E-state index contributed by atoms with van der Waals surface area (Å²) in [6, 6.07) is 7.23. The zero-order valence-electron chi connectivity index (χ0n) is 14.4. The number of aromatic amines is 1. The second kappa shape index (κ2) is 10.1. The fraction of sp³-hybridized carbons (Fsp3) is 0.550. The zero-order chi connectivity index (χ0) is 16.3. The fourth-order valence-electron chi connectivity index (χ4n) is 2.88. The highest BCUT2D eigenvalue weighted by atomic mass is 16.3. The molecule has 0 saturated carbocycles. The number of rotatable bonds is 11. The van der Waals surface area contributed by atoms with Crippen molar-refractivity contribution in [1.29, 1.82) is 0 Å². The number of unbranched alkanes of at least 4 members (excludes halogenated alkanes) is 8. The number of phenolic OH excluding ortho intramolecular Hbond substituents is 1. The molecule has 0 aliphatic carbocycles. The van der Waals surface area contributed by atoms with E-state index in [2.05, 4.69) is 16.9 Å². The number of benzene rings is 1. The van der Waals surface area contributed by atoms with E-state index < -0.39 is 0 Å². The van der Waals surface area contributed by atoms with Crippen molar-refractivity contribution in [2.24, 2.45) is 0 Å². The summed E-state index contributed by atoms with van der Waals surface area (Å²) in [4.78, 5) is 7.85. The number of phenols is 1. The van der Waals surface area contributed by atoms with Crippen LogP contribution in [0.25, 0.3) is 11.3 Å². The van der Waals surface area contributed by atoms with Crippen LogP contribution in [0.15, 0.2) is 30.5 Å². The highest BCUT2D eigenvalue weighted by molar-refractivity contribution is 5.59. The number of nitrogens with one attached hydrogen (secondary N) is 1. The van der Waals surface area contributed by atoms with Crippen LogP contribution in [0, 0.1) is 0 Å². The van der Waals surface area contributed by atoms with Gasteiger partial charge in [0.2, 0.25) is 0 Å². The molecule has 0 saturated heterocycles. The van der Waals surface area contributed by atoms with Gasteiger partial charge >= 0.3 is 0 Å². The van der Waals surface area contributed by atoms with Crippen molar-refractivity contribution < 1.29 is 5.11 Å². The third kappa shape index (κ3) is 6.47. The quantitative estimate of drug-likeness (QED) is 0.511. The Morgan fingerprint density at radius 3 is 2.13 bits per heavy atom. The maximum Gasteiger partial charge on any atom is 0.115 e. The van der Waals surface area contributed by atoms with E-state index in [1.165, 1.54) is 57.8 Å². The number of imidazole rings is 1. The molecule has 23 heavy (non-hydrogen) atoms. The van der Waals surface area contributed by atoms with Crippen LogP contribution in [0.2, 0.25) is 0 Å². The molecule has 0 aliphatic heterocycles. The summed E-state index contributed by atoms with van der Waals surface area (Å²) in [7, 11) is 0. The molecular weight excluding hydrogens is 284 g/mol. The summed E-state index contributed by atoms with van der Waals surface area (Å²) in [5.74, 6) is 1.36. The van der Waals surface area contributed by atoms with Crippen LogP contribution >= 0.6 is 0 Å². The highest BCUT2D eigenvalue weighted by Gasteiger charge is 2.03. The molecule has 2 N–H and O–H groups in total. The largest absolute Gasteiger partial charge is 0.508 e. The third-order valence-electron chi connectivity index (χ3n) is 4.32. The molecule has 0 aliphatic rings. The Balaban J connectivity index is 1.61. The lowest BCUT2D eigenvalue weighted by Crippen LogP contribution is -1.89. The van der Waals surface area contributed by atoms with Crippen molar-refractivity contribution in [2.45, 2.75) is 71.1 Å². The normalized spacial score (nSPS) is 11.0. The number of hydrogen-bond donors (Lipinski definition) is 2. The predicted octanol–water partition coefficient (Wildman–Crippen LogP) is 5.86. The lowest BCUT2D eigenvalue weighted by Gasteiger charge is -2.01. The minimum Gasteiger partial charge on any atom is -0.508 e. The highest BCUT2D eigenvalue weighted by Crippen LogP contribution is 2.20. The fourth-order valence-corrected chi connectivity index (χ4v) is 2.88. The average molecular weight is 314 g/mol. The van der Waals surface area contributed by atoms with Gasteiger partial charge < -0.3 is 10.1 Å². The van der Waals surface area contributed by atoms with Crippen molar-refractivity contribution in [3.05, 3.63) is 36.3 Å².